The first kappa shape index (κ1) is 16.3. The quantitative estimate of drug-likeness (QED) is 0.657. The second kappa shape index (κ2) is 7.26. The molecule has 2 rings (SSSR count). The Bertz CT molecular complexity index is 740. The van der Waals surface area contributed by atoms with Gasteiger partial charge in [-0.25, -0.2) is 4.98 Å². The highest BCUT2D eigenvalue weighted by Gasteiger charge is 2.07. The monoisotopic (exact) mass is 317 g/mol. The van der Waals surface area contributed by atoms with Gasteiger partial charge in [0.1, 0.15) is 0 Å². The Morgan fingerprint density at radius 1 is 1.27 bits per heavy atom. The molecular weight excluding hydrogens is 298 g/mol. The van der Waals surface area contributed by atoms with Crippen molar-refractivity contribution in [2.75, 3.05) is 11.1 Å². The molecule has 0 aliphatic carbocycles. The Morgan fingerprint density at radius 3 is 2.73 bits per heavy atom. The van der Waals surface area contributed by atoms with Gasteiger partial charge >= 0.3 is 0 Å². The molecule has 1 heterocycles. The highest BCUT2D eigenvalue weighted by molar-refractivity contribution is 7.99. The van der Waals surface area contributed by atoms with Crippen molar-refractivity contribution in [2.45, 2.75) is 32.3 Å². The summed E-state index contributed by atoms with van der Waals surface area (Å²) < 4.78 is 0. The predicted molar refractivity (Wildman–Crippen MR) is 89.5 cm³/mol. The van der Waals surface area contributed by atoms with Gasteiger partial charge < -0.3 is 10.3 Å². The van der Waals surface area contributed by atoms with Crippen LogP contribution in [-0.2, 0) is 11.2 Å². The number of anilines is 1. The van der Waals surface area contributed by atoms with Gasteiger partial charge in [-0.05, 0) is 43.5 Å². The minimum absolute atomic E-state index is 0.127. The third-order valence-corrected chi connectivity index (χ3v) is 4.14. The molecule has 1 amide bonds. The number of amides is 1. The van der Waals surface area contributed by atoms with Crippen LogP contribution in [0.5, 0.6) is 0 Å². The van der Waals surface area contributed by atoms with Gasteiger partial charge in [-0.2, -0.15) is 0 Å². The molecule has 0 aliphatic rings. The zero-order valence-electron chi connectivity index (χ0n) is 12.9. The van der Waals surface area contributed by atoms with Crippen molar-refractivity contribution in [1.82, 2.24) is 9.97 Å². The van der Waals surface area contributed by atoms with Gasteiger partial charge in [0, 0.05) is 17.4 Å². The summed E-state index contributed by atoms with van der Waals surface area (Å²) in [6.07, 6.45) is 0.687. The molecule has 5 nitrogen and oxygen atoms in total. The molecule has 0 spiro atoms. The van der Waals surface area contributed by atoms with Crippen LogP contribution in [0.15, 0.2) is 34.2 Å². The van der Waals surface area contributed by atoms with Crippen LogP contribution >= 0.6 is 11.8 Å². The van der Waals surface area contributed by atoms with Crippen molar-refractivity contribution in [3.05, 3.63) is 51.4 Å². The number of hydrogen-bond donors (Lipinski definition) is 2. The fourth-order valence-corrected chi connectivity index (χ4v) is 2.58. The summed E-state index contributed by atoms with van der Waals surface area (Å²) in [4.78, 5) is 30.4. The lowest BCUT2D eigenvalue weighted by Crippen LogP contribution is -2.16. The average Bonchev–Trinajstić information content (AvgIpc) is 2.48. The van der Waals surface area contributed by atoms with E-state index in [2.05, 4.69) is 15.3 Å². The van der Waals surface area contributed by atoms with Gasteiger partial charge in [0.15, 0.2) is 5.16 Å². The van der Waals surface area contributed by atoms with E-state index in [-0.39, 0.29) is 17.2 Å². The predicted octanol–water partition coefficient (Wildman–Crippen LogP) is 2.68. The number of aromatic amines is 1. The number of thioether (sulfide) groups is 1. The Morgan fingerprint density at radius 2 is 2.05 bits per heavy atom. The first-order valence-corrected chi connectivity index (χ1v) is 8.06. The molecule has 6 heteroatoms. The van der Waals surface area contributed by atoms with E-state index in [0.29, 0.717) is 11.6 Å². The number of aromatic nitrogens is 2. The summed E-state index contributed by atoms with van der Waals surface area (Å²) in [6.45, 7) is 5.97. The molecular formula is C16H19N3O2S. The van der Waals surface area contributed by atoms with Crippen LogP contribution in [0.4, 0.5) is 5.69 Å². The number of hydrogen-bond acceptors (Lipinski definition) is 4. The third-order valence-electron chi connectivity index (χ3n) is 3.27. The zero-order valence-corrected chi connectivity index (χ0v) is 13.7. The van der Waals surface area contributed by atoms with E-state index >= 15 is 0 Å². The van der Waals surface area contributed by atoms with E-state index in [9.17, 15) is 9.59 Å². The topological polar surface area (TPSA) is 74.8 Å². The van der Waals surface area contributed by atoms with Crippen LogP contribution in [0, 0.1) is 13.8 Å². The van der Waals surface area contributed by atoms with Crippen molar-refractivity contribution in [3.8, 4) is 0 Å². The lowest BCUT2D eigenvalue weighted by molar-refractivity contribution is -0.113. The number of benzene rings is 1. The van der Waals surface area contributed by atoms with Gasteiger partial charge in [-0.1, -0.05) is 24.8 Å². The maximum Gasteiger partial charge on any atom is 0.251 e. The molecule has 0 aliphatic heterocycles. The van der Waals surface area contributed by atoms with Gasteiger partial charge in [0.2, 0.25) is 5.91 Å². The van der Waals surface area contributed by atoms with Gasteiger partial charge in [0.25, 0.3) is 5.56 Å². The number of nitrogens with zero attached hydrogens (tertiary/aromatic N) is 1. The molecule has 2 aromatic rings. The smallest absolute Gasteiger partial charge is 0.251 e. The minimum Gasteiger partial charge on any atom is -0.325 e. The third kappa shape index (κ3) is 4.46. The summed E-state index contributed by atoms with van der Waals surface area (Å²) in [6, 6.07) is 7.26. The molecule has 0 saturated carbocycles. The summed E-state index contributed by atoms with van der Waals surface area (Å²) in [5.41, 5.74) is 3.62. The lowest BCUT2D eigenvalue weighted by Gasteiger charge is -2.07. The summed E-state index contributed by atoms with van der Waals surface area (Å²) in [5.74, 6) is 0.0704. The van der Waals surface area contributed by atoms with E-state index in [1.807, 2.05) is 39.0 Å². The molecule has 0 radical (unpaired) electrons. The first-order valence-electron chi connectivity index (χ1n) is 7.08. The van der Waals surface area contributed by atoms with Crippen molar-refractivity contribution in [3.63, 3.8) is 0 Å². The first-order chi connectivity index (χ1) is 10.5. The van der Waals surface area contributed by atoms with Crippen LogP contribution in [0.25, 0.3) is 0 Å². The van der Waals surface area contributed by atoms with E-state index in [0.717, 1.165) is 16.9 Å². The molecule has 22 heavy (non-hydrogen) atoms. The second-order valence-corrected chi connectivity index (χ2v) is 6.00. The number of H-pyrrole nitrogens is 1. The Kier molecular flexibility index (Phi) is 5.38. The molecule has 0 atom stereocenters. The molecule has 0 saturated heterocycles. The highest BCUT2D eigenvalue weighted by atomic mass is 32.2. The fraction of sp³-hybridized carbons (Fsp3) is 0.312. The maximum absolute atomic E-state index is 12.0. The van der Waals surface area contributed by atoms with Crippen LogP contribution < -0.4 is 10.9 Å². The molecule has 116 valence electrons. The SMILES string of the molecule is CCc1cc(=O)[nH]c(SCC(=O)Nc2ccc(C)c(C)c2)n1. The zero-order chi connectivity index (χ0) is 16.1. The van der Waals surface area contributed by atoms with E-state index in [4.69, 9.17) is 0 Å². The molecule has 0 fully saturated rings. The number of carbonyl (C=O) groups excluding carboxylic acids is 1. The summed E-state index contributed by atoms with van der Waals surface area (Å²) in [5, 5.41) is 3.32. The standard InChI is InChI=1S/C16H19N3O2S/c1-4-12-8-14(20)19-16(18-12)22-9-15(21)17-13-6-5-10(2)11(3)7-13/h5-8H,4,9H2,1-3H3,(H,17,21)(H,18,19,20). The average molecular weight is 317 g/mol. The number of carbonyl (C=O) groups is 1. The Labute approximate surface area is 133 Å². The molecule has 1 aromatic carbocycles. The van der Waals surface area contributed by atoms with Crippen LogP contribution in [0.1, 0.15) is 23.7 Å². The maximum atomic E-state index is 12.0. The fourth-order valence-electron chi connectivity index (χ4n) is 1.88. The van der Waals surface area contributed by atoms with Gasteiger partial charge in [0.05, 0.1) is 5.75 Å². The van der Waals surface area contributed by atoms with Crippen LogP contribution in [0.3, 0.4) is 0 Å². The van der Waals surface area contributed by atoms with Crippen molar-refractivity contribution in [2.24, 2.45) is 0 Å². The Balaban J connectivity index is 1.96. The lowest BCUT2D eigenvalue weighted by atomic mass is 10.1. The second-order valence-electron chi connectivity index (χ2n) is 5.03. The van der Waals surface area contributed by atoms with Crippen molar-refractivity contribution in [1.29, 1.82) is 0 Å². The molecule has 1 aromatic heterocycles. The largest absolute Gasteiger partial charge is 0.325 e. The van der Waals surface area contributed by atoms with E-state index in [1.54, 1.807) is 0 Å². The van der Waals surface area contributed by atoms with Crippen LogP contribution in [-0.4, -0.2) is 21.6 Å². The number of aryl methyl sites for hydroxylation is 3. The number of nitrogens with one attached hydrogen (secondary N) is 2. The number of rotatable bonds is 5. The van der Waals surface area contributed by atoms with Crippen LogP contribution in [0.2, 0.25) is 0 Å². The minimum atomic E-state index is -0.191. The Hall–Kier alpha value is -2.08. The van der Waals surface area contributed by atoms with Gasteiger partial charge in [-0.15, -0.1) is 0 Å². The highest BCUT2D eigenvalue weighted by Crippen LogP contribution is 2.16. The molecule has 0 unspecified atom stereocenters. The van der Waals surface area contributed by atoms with E-state index < -0.39 is 0 Å². The van der Waals surface area contributed by atoms with Crippen molar-refractivity contribution >= 4 is 23.4 Å². The summed E-state index contributed by atoms with van der Waals surface area (Å²) in [7, 11) is 0. The molecule has 0 bridgehead atoms. The van der Waals surface area contributed by atoms with Crippen molar-refractivity contribution < 1.29 is 4.79 Å². The normalized spacial score (nSPS) is 10.5. The molecule has 2 N–H and O–H groups in total. The van der Waals surface area contributed by atoms with Gasteiger partial charge in [-0.3, -0.25) is 9.59 Å². The van der Waals surface area contributed by atoms with E-state index in [1.165, 1.54) is 23.4 Å². The summed E-state index contributed by atoms with van der Waals surface area (Å²) >= 11 is 1.22.